The molecule has 3 heterocycles. The second-order valence-corrected chi connectivity index (χ2v) is 15.9. The summed E-state index contributed by atoms with van der Waals surface area (Å²) in [6, 6.07) is 70.0. The Kier molecular flexibility index (Phi) is 10.2. The van der Waals surface area contributed by atoms with Gasteiger partial charge in [-0.05, 0) is 75.5 Å². The molecule has 0 fully saturated rings. The Morgan fingerprint density at radius 1 is 0.610 bits per heavy atom. The second kappa shape index (κ2) is 15.7. The summed E-state index contributed by atoms with van der Waals surface area (Å²) >= 11 is 0. The first kappa shape index (κ1) is 38.1. The third-order valence-electron chi connectivity index (χ3n) is 11.0. The number of nitrogens with zero attached hydrogens (tertiary/aromatic N) is 5. The van der Waals surface area contributed by atoms with E-state index >= 15 is 0 Å². The van der Waals surface area contributed by atoms with E-state index in [1.165, 1.54) is 22.3 Å². The molecular formula is C53H42N5Pt-3. The minimum absolute atomic E-state index is 0. The average molecular weight is 944 g/mol. The molecule has 2 aromatic heterocycles. The van der Waals surface area contributed by atoms with Crippen LogP contribution in [0.25, 0.3) is 38.8 Å². The third-order valence-corrected chi connectivity index (χ3v) is 11.0. The smallest absolute Gasteiger partial charge is 0.135 e. The minimum Gasteiger partial charge on any atom is -0.498 e. The molecule has 5 nitrogen and oxygen atoms in total. The van der Waals surface area contributed by atoms with Gasteiger partial charge in [0.2, 0.25) is 0 Å². The number of hydrogen-bond donors (Lipinski definition) is 0. The van der Waals surface area contributed by atoms with Gasteiger partial charge in [0, 0.05) is 56.4 Å². The van der Waals surface area contributed by atoms with Gasteiger partial charge in [0.05, 0.1) is 0 Å². The van der Waals surface area contributed by atoms with Crippen LogP contribution in [0.1, 0.15) is 31.9 Å². The number of aromatic nitrogens is 2. The molecule has 0 aliphatic carbocycles. The first-order chi connectivity index (χ1) is 28.4. The molecule has 59 heavy (non-hydrogen) atoms. The molecule has 9 aromatic rings. The molecule has 0 saturated heterocycles. The van der Waals surface area contributed by atoms with Crippen molar-refractivity contribution < 1.29 is 21.1 Å². The van der Waals surface area contributed by atoms with Crippen molar-refractivity contribution in [2.45, 2.75) is 32.7 Å². The summed E-state index contributed by atoms with van der Waals surface area (Å²) in [5.41, 5.74) is 12.9. The monoisotopic (exact) mass is 943 g/mol. The SMILES string of the molecule is CC(C)(C)c1ccnc(-n2c3[c-]c(N(c4[c-]c(N5[CH-]N(Cc6ccccc6)c6ccccc65)ccc4)c4ccccc4)ccc3c3cc(-c4ccccc4)ccc32)c1.[Pt]. The van der Waals surface area contributed by atoms with Crippen molar-refractivity contribution in [2.75, 3.05) is 14.7 Å². The molecule has 0 atom stereocenters. The van der Waals surface area contributed by atoms with Crippen molar-refractivity contribution in [3.05, 3.63) is 212 Å². The van der Waals surface area contributed by atoms with Gasteiger partial charge in [-0.25, -0.2) is 4.98 Å². The number of fused-ring (bicyclic) bond motifs is 4. The van der Waals surface area contributed by atoms with Gasteiger partial charge in [-0.2, -0.15) is 18.8 Å². The number of anilines is 6. The maximum Gasteiger partial charge on any atom is 0.135 e. The van der Waals surface area contributed by atoms with Crippen molar-refractivity contribution >= 4 is 55.9 Å². The van der Waals surface area contributed by atoms with E-state index < -0.39 is 0 Å². The number of para-hydroxylation sites is 3. The van der Waals surface area contributed by atoms with E-state index in [4.69, 9.17) is 4.98 Å². The Balaban J connectivity index is 0.00000449. The zero-order valence-corrected chi connectivity index (χ0v) is 35.4. The van der Waals surface area contributed by atoms with E-state index in [9.17, 15) is 0 Å². The van der Waals surface area contributed by atoms with Crippen molar-refractivity contribution in [3.8, 4) is 16.9 Å². The number of rotatable bonds is 8. The van der Waals surface area contributed by atoms with Crippen LogP contribution in [0.5, 0.6) is 0 Å². The standard InChI is InChI=1S/C53H42N5.Pt/c1-53(2,3)41-30-31-54-52(33-41)58-48-29-26-40(39-18-9-5-10-19-39)32-47(48)46-28-27-45(35-51(46)58)57(42-20-11-6-12-21-42)44-23-15-22-43(34-44)56-37-55(36-38-16-7-4-8-17-38)49-24-13-14-25-50(49)56;/h4-33,37H,36H2,1-3H3;/q-3;. The largest absolute Gasteiger partial charge is 0.498 e. The van der Waals surface area contributed by atoms with Gasteiger partial charge in [0.15, 0.2) is 0 Å². The molecule has 0 unspecified atom stereocenters. The first-order valence-electron chi connectivity index (χ1n) is 19.8. The van der Waals surface area contributed by atoms with Gasteiger partial charge in [0.25, 0.3) is 0 Å². The van der Waals surface area contributed by atoms with Gasteiger partial charge in [-0.3, -0.25) is 0 Å². The predicted octanol–water partition coefficient (Wildman–Crippen LogP) is 13.5. The normalized spacial score (nSPS) is 12.5. The topological polar surface area (TPSA) is 27.5 Å². The maximum atomic E-state index is 4.98. The molecule has 0 saturated carbocycles. The molecule has 0 N–H and O–H groups in total. The number of benzene rings is 7. The Morgan fingerprint density at radius 2 is 1.31 bits per heavy atom. The molecule has 0 spiro atoms. The van der Waals surface area contributed by atoms with E-state index in [-0.39, 0.29) is 26.5 Å². The van der Waals surface area contributed by atoms with Crippen LogP contribution in [-0.2, 0) is 33.0 Å². The van der Waals surface area contributed by atoms with Crippen molar-refractivity contribution in [2.24, 2.45) is 0 Å². The molecule has 292 valence electrons. The zero-order chi connectivity index (χ0) is 39.2. The van der Waals surface area contributed by atoms with Crippen LogP contribution >= 0.6 is 0 Å². The summed E-state index contributed by atoms with van der Waals surface area (Å²) in [6.07, 6.45) is 1.93. The molecule has 0 bridgehead atoms. The van der Waals surface area contributed by atoms with E-state index in [2.05, 4.69) is 235 Å². The van der Waals surface area contributed by atoms with E-state index in [1.807, 2.05) is 6.20 Å². The van der Waals surface area contributed by atoms with Crippen LogP contribution in [0.15, 0.2) is 182 Å². The first-order valence-corrected chi connectivity index (χ1v) is 19.8. The molecular weight excluding hydrogens is 902 g/mol. The van der Waals surface area contributed by atoms with Crippen LogP contribution in [0.2, 0.25) is 0 Å². The molecule has 7 aromatic carbocycles. The van der Waals surface area contributed by atoms with E-state index in [0.717, 1.165) is 68.3 Å². The molecule has 0 amide bonds. The van der Waals surface area contributed by atoms with Gasteiger partial charge < -0.3 is 19.3 Å². The van der Waals surface area contributed by atoms with Crippen LogP contribution in [0.3, 0.4) is 0 Å². The van der Waals surface area contributed by atoms with Crippen molar-refractivity contribution in [1.29, 1.82) is 0 Å². The fraction of sp³-hybridized carbons (Fsp3) is 0.0943. The fourth-order valence-electron chi connectivity index (χ4n) is 8.09. The van der Waals surface area contributed by atoms with Gasteiger partial charge >= 0.3 is 0 Å². The number of pyridine rings is 1. The molecule has 1 aliphatic rings. The Hall–Kier alpha value is -6.42. The summed E-state index contributed by atoms with van der Waals surface area (Å²) in [5, 5.41) is 2.28. The Morgan fingerprint density at radius 3 is 2.07 bits per heavy atom. The van der Waals surface area contributed by atoms with Gasteiger partial charge in [0.1, 0.15) is 5.82 Å². The fourth-order valence-corrected chi connectivity index (χ4v) is 8.09. The third kappa shape index (κ3) is 7.21. The summed E-state index contributed by atoms with van der Waals surface area (Å²) in [6.45, 7) is 9.70. The van der Waals surface area contributed by atoms with E-state index in [1.54, 1.807) is 0 Å². The predicted molar refractivity (Wildman–Crippen MR) is 241 cm³/mol. The Bertz CT molecular complexity index is 2900. The summed E-state index contributed by atoms with van der Waals surface area (Å²) in [4.78, 5) is 11.8. The quantitative estimate of drug-likeness (QED) is 0.142. The molecule has 10 rings (SSSR count). The van der Waals surface area contributed by atoms with Crippen LogP contribution < -0.4 is 14.7 Å². The summed E-state index contributed by atoms with van der Waals surface area (Å²) in [5.74, 6) is 0.872. The van der Waals surface area contributed by atoms with Crippen molar-refractivity contribution in [1.82, 2.24) is 9.55 Å². The number of hydrogen-bond acceptors (Lipinski definition) is 4. The average Bonchev–Trinajstić information content (AvgIpc) is 3.79. The van der Waals surface area contributed by atoms with Crippen LogP contribution in [-0.4, -0.2) is 9.55 Å². The van der Waals surface area contributed by atoms with Crippen LogP contribution in [0.4, 0.5) is 34.1 Å². The van der Waals surface area contributed by atoms with Crippen LogP contribution in [0, 0.1) is 18.8 Å². The maximum absolute atomic E-state index is 4.98. The van der Waals surface area contributed by atoms with Crippen molar-refractivity contribution in [3.63, 3.8) is 0 Å². The van der Waals surface area contributed by atoms with Gasteiger partial charge in [-0.1, -0.05) is 141 Å². The minimum atomic E-state index is -0.0391. The molecule has 0 radical (unpaired) electrons. The summed E-state index contributed by atoms with van der Waals surface area (Å²) < 4.78 is 2.28. The second-order valence-electron chi connectivity index (χ2n) is 15.9. The molecule has 6 heteroatoms. The van der Waals surface area contributed by atoms with Gasteiger partial charge in [-0.15, -0.1) is 41.4 Å². The zero-order valence-electron chi connectivity index (χ0n) is 33.2. The molecule has 1 aliphatic heterocycles. The van der Waals surface area contributed by atoms with E-state index in [0.29, 0.717) is 0 Å². The Labute approximate surface area is 361 Å². The summed E-state index contributed by atoms with van der Waals surface area (Å²) in [7, 11) is 0.